The Balaban J connectivity index is 1.85. The van der Waals surface area contributed by atoms with E-state index < -0.39 is 0 Å². The van der Waals surface area contributed by atoms with E-state index in [4.69, 9.17) is 10.5 Å². The number of rotatable bonds is 5. The Morgan fingerprint density at radius 3 is 2.80 bits per heavy atom. The van der Waals surface area contributed by atoms with Crippen LogP contribution in [0.1, 0.15) is 43.2 Å². The fourth-order valence-corrected chi connectivity index (χ4v) is 2.66. The van der Waals surface area contributed by atoms with Crippen LogP contribution >= 0.6 is 0 Å². The number of nitrogens with one attached hydrogen (secondary N) is 1. The van der Waals surface area contributed by atoms with Gasteiger partial charge in [0.2, 0.25) is 0 Å². The second-order valence-electron chi connectivity index (χ2n) is 5.43. The van der Waals surface area contributed by atoms with Crippen LogP contribution in [0.15, 0.2) is 29.3 Å². The molecule has 0 unspecified atom stereocenters. The number of nitrogens with zero attached hydrogens (tertiary/aromatic N) is 1. The lowest BCUT2D eigenvalue weighted by atomic mass is 9.96. The molecule has 1 fully saturated rings. The highest BCUT2D eigenvalue weighted by atomic mass is 16.5. The summed E-state index contributed by atoms with van der Waals surface area (Å²) in [6.45, 7) is 1.25. The molecule has 1 aliphatic rings. The highest BCUT2D eigenvalue weighted by Gasteiger charge is 2.13. The van der Waals surface area contributed by atoms with Gasteiger partial charge in [0.05, 0.1) is 13.2 Å². The molecule has 2 rings (SSSR count). The van der Waals surface area contributed by atoms with Crippen molar-refractivity contribution in [3.05, 3.63) is 35.4 Å². The number of hydrogen-bond acceptors (Lipinski definition) is 2. The van der Waals surface area contributed by atoms with E-state index in [2.05, 4.69) is 28.5 Å². The van der Waals surface area contributed by atoms with Gasteiger partial charge in [-0.1, -0.05) is 43.5 Å². The van der Waals surface area contributed by atoms with Crippen LogP contribution in [0.25, 0.3) is 0 Å². The number of methoxy groups -OCH3 is 1. The van der Waals surface area contributed by atoms with E-state index in [-0.39, 0.29) is 0 Å². The molecule has 1 saturated carbocycles. The van der Waals surface area contributed by atoms with Gasteiger partial charge >= 0.3 is 0 Å². The summed E-state index contributed by atoms with van der Waals surface area (Å²) in [7, 11) is 1.71. The molecule has 0 bridgehead atoms. The average molecular weight is 275 g/mol. The molecule has 1 aliphatic carbocycles. The first-order valence-electron chi connectivity index (χ1n) is 7.41. The highest BCUT2D eigenvalue weighted by molar-refractivity contribution is 5.78. The number of guanidine groups is 1. The third-order valence-corrected chi connectivity index (χ3v) is 3.69. The topological polar surface area (TPSA) is 59.6 Å². The van der Waals surface area contributed by atoms with Gasteiger partial charge in [0, 0.05) is 13.2 Å². The van der Waals surface area contributed by atoms with Gasteiger partial charge in [-0.15, -0.1) is 0 Å². The molecule has 1 aromatic rings. The van der Waals surface area contributed by atoms with Crippen LogP contribution in [-0.2, 0) is 17.9 Å². The number of nitrogens with two attached hydrogens (primary N) is 1. The van der Waals surface area contributed by atoms with Gasteiger partial charge in [-0.3, -0.25) is 0 Å². The minimum Gasteiger partial charge on any atom is -0.380 e. The van der Waals surface area contributed by atoms with Crippen molar-refractivity contribution in [1.82, 2.24) is 5.32 Å². The maximum absolute atomic E-state index is 5.96. The van der Waals surface area contributed by atoms with Crippen molar-refractivity contribution >= 4 is 5.96 Å². The summed E-state index contributed by atoms with van der Waals surface area (Å²) < 4.78 is 5.14. The van der Waals surface area contributed by atoms with Crippen molar-refractivity contribution in [2.75, 3.05) is 7.11 Å². The maximum atomic E-state index is 5.96. The lowest BCUT2D eigenvalue weighted by molar-refractivity contribution is 0.185. The van der Waals surface area contributed by atoms with Crippen molar-refractivity contribution in [1.29, 1.82) is 0 Å². The summed E-state index contributed by atoms with van der Waals surface area (Å²) in [4.78, 5) is 4.43. The predicted octanol–water partition coefficient (Wildman–Crippen LogP) is 2.57. The van der Waals surface area contributed by atoms with E-state index in [9.17, 15) is 0 Å². The zero-order chi connectivity index (χ0) is 14.2. The van der Waals surface area contributed by atoms with Crippen LogP contribution < -0.4 is 11.1 Å². The molecule has 0 aliphatic heterocycles. The maximum Gasteiger partial charge on any atom is 0.189 e. The Hall–Kier alpha value is -1.55. The Bertz CT molecular complexity index is 439. The first kappa shape index (κ1) is 14.9. The number of hydrogen-bond donors (Lipinski definition) is 2. The van der Waals surface area contributed by atoms with Crippen LogP contribution in [-0.4, -0.2) is 19.1 Å². The number of ether oxygens (including phenoxy) is 1. The van der Waals surface area contributed by atoms with Crippen molar-refractivity contribution in [3.8, 4) is 0 Å². The summed E-state index contributed by atoms with van der Waals surface area (Å²) in [5.41, 5.74) is 8.29. The third-order valence-electron chi connectivity index (χ3n) is 3.69. The largest absolute Gasteiger partial charge is 0.380 e. The second-order valence-corrected chi connectivity index (χ2v) is 5.43. The molecule has 1 aromatic carbocycles. The smallest absolute Gasteiger partial charge is 0.189 e. The molecular weight excluding hydrogens is 250 g/mol. The fraction of sp³-hybridized carbons (Fsp3) is 0.562. The SMILES string of the molecule is COCc1cccc(CN=C(N)NC2CCCCC2)c1. The molecule has 0 atom stereocenters. The molecule has 20 heavy (non-hydrogen) atoms. The molecule has 110 valence electrons. The van der Waals surface area contributed by atoms with E-state index in [0.29, 0.717) is 25.2 Å². The van der Waals surface area contributed by atoms with E-state index >= 15 is 0 Å². The Kier molecular flexibility index (Phi) is 5.87. The van der Waals surface area contributed by atoms with Crippen molar-refractivity contribution in [2.24, 2.45) is 10.7 Å². The van der Waals surface area contributed by atoms with Crippen LogP contribution in [0.4, 0.5) is 0 Å². The monoisotopic (exact) mass is 275 g/mol. The van der Waals surface area contributed by atoms with Crippen LogP contribution in [0, 0.1) is 0 Å². The van der Waals surface area contributed by atoms with Gasteiger partial charge in [-0.05, 0) is 24.0 Å². The van der Waals surface area contributed by atoms with Gasteiger partial charge < -0.3 is 15.8 Å². The lowest BCUT2D eigenvalue weighted by Crippen LogP contribution is -2.41. The molecule has 0 spiro atoms. The lowest BCUT2D eigenvalue weighted by Gasteiger charge is -2.23. The molecule has 3 N–H and O–H groups in total. The first-order valence-corrected chi connectivity index (χ1v) is 7.41. The molecular formula is C16H25N3O. The summed E-state index contributed by atoms with van der Waals surface area (Å²) in [5, 5.41) is 3.33. The number of aliphatic imine (C=N–C) groups is 1. The highest BCUT2D eigenvalue weighted by Crippen LogP contribution is 2.17. The summed E-state index contributed by atoms with van der Waals surface area (Å²) >= 11 is 0. The van der Waals surface area contributed by atoms with Crippen molar-refractivity contribution < 1.29 is 4.74 Å². The van der Waals surface area contributed by atoms with Crippen LogP contribution in [0.2, 0.25) is 0 Å². The first-order chi connectivity index (χ1) is 9.78. The van der Waals surface area contributed by atoms with Gasteiger partial charge in [-0.25, -0.2) is 4.99 Å². The molecule has 4 nitrogen and oxygen atoms in total. The predicted molar refractivity (Wildman–Crippen MR) is 82.5 cm³/mol. The fourth-order valence-electron chi connectivity index (χ4n) is 2.66. The quantitative estimate of drug-likeness (QED) is 0.641. The molecule has 0 aromatic heterocycles. The van der Waals surface area contributed by atoms with Crippen LogP contribution in [0.5, 0.6) is 0 Å². The standard InChI is InChI=1S/C16H25N3O/c1-20-12-14-7-5-6-13(10-14)11-18-16(17)19-15-8-3-2-4-9-15/h5-7,10,15H,2-4,8-9,11-12H2,1H3,(H3,17,18,19). The Morgan fingerprint density at radius 2 is 2.05 bits per heavy atom. The van der Waals surface area contributed by atoms with Crippen molar-refractivity contribution in [3.63, 3.8) is 0 Å². The molecule has 0 saturated heterocycles. The number of benzene rings is 1. The van der Waals surface area contributed by atoms with Gasteiger partial charge in [0.25, 0.3) is 0 Å². The Labute approximate surface area is 121 Å². The molecule has 0 radical (unpaired) electrons. The van der Waals surface area contributed by atoms with E-state index in [1.165, 1.54) is 37.7 Å². The summed E-state index contributed by atoms with van der Waals surface area (Å²) in [6.07, 6.45) is 6.36. The van der Waals surface area contributed by atoms with Gasteiger partial charge in [-0.2, -0.15) is 0 Å². The summed E-state index contributed by atoms with van der Waals surface area (Å²) in [5.74, 6) is 0.564. The average Bonchev–Trinajstić information content (AvgIpc) is 2.47. The second kappa shape index (κ2) is 7.90. The summed E-state index contributed by atoms with van der Waals surface area (Å²) in [6, 6.07) is 8.77. The minimum atomic E-state index is 0.507. The molecule has 0 heterocycles. The minimum absolute atomic E-state index is 0.507. The molecule has 0 amide bonds. The molecule has 4 heteroatoms. The third kappa shape index (κ3) is 4.85. The van der Waals surface area contributed by atoms with Crippen LogP contribution in [0.3, 0.4) is 0 Å². The Morgan fingerprint density at radius 1 is 1.30 bits per heavy atom. The van der Waals surface area contributed by atoms with E-state index in [1.807, 2.05) is 6.07 Å². The van der Waals surface area contributed by atoms with E-state index in [1.54, 1.807) is 7.11 Å². The zero-order valence-corrected chi connectivity index (χ0v) is 12.3. The van der Waals surface area contributed by atoms with Gasteiger partial charge in [0.15, 0.2) is 5.96 Å². The van der Waals surface area contributed by atoms with E-state index in [0.717, 1.165) is 5.56 Å². The normalized spacial score (nSPS) is 17.1. The van der Waals surface area contributed by atoms with Gasteiger partial charge in [0.1, 0.15) is 0 Å². The zero-order valence-electron chi connectivity index (χ0n) is 12.3. The van der Waals surface area contributed by atoms with Crippen molar-refractivity contribution in [2.45, 2.75) is 51.3 Å².